The van der Waals surface area contributed by atoms with Crippen LogP contribution in [0.15, 0.2) is 54.9 Å². The highest BCUT2D eigenvalue weighted by atomic mass is 35.5. The van der Waals surface area contributed by atoms with Crippen molar-refractivity contribution in [2.24, 2.45) is 0 Å². The molecular formula is C16H13ClN2O. The molecule has 3 nitrogen and oxygen atoms in total. The van der Waals surface area contributed by atoms with E-state index in [2.05, 4.69) is 10.3 Å². The second kappa shape index (κ2) is 5.39. The van der Waals surface area contributed by atoms with Crippen LogP contribution in [0.1, 0.15) is 5.56 Å². The zero-order valence-corrected chi connectivity index (χ0v) is 11.4. The minimum absolute atomic E-state index is 0.125. The molecule has 4 heteroatoms. The molecule has 0 saturated heterocycles. The number of rotatable bonds is 3. The van der Waals surface area contributed by atoms with Crippen LogP contribution >= 0.6 is 11.6 Å². The number of fused-ring (bicyclic) bond motifs is 1. The van der Waals surface area contributed by atoms with Crippen molar-refractivity contribution in [3.8, 4) is 5.75 Å². The van der Waals surface area contributed by atoms with Gasteiger partial charge in [0.05, 0.1) is 5.02 Å². The van der Waals surface area contributed by atoms with E-state index >= 15 is 0 Å². The lowest BCUT2D eigenvalue weighted by Gasteiger charge is -2.11. The fraction of sp³-hybridized carbons (Fsp3) is 0.0625. The van der Waals surface area contributed by atoms with E-state index in [1.165, 1.54) is 0 Å². The minimum Gasteiger partial charge on any atom is -0.506 e. The van der Waals surface area contributed by atoms with Crippen molar-refractivity contribution in [2.75, 3.05) is 5.32 Å². The van der Waals surface area contributed by atoms with E-state index < -0.39 is 0 Å². The summed E-state index contributed by atoms with van der Waals surface area (Å²) in [6.45, 7) is 0.500. The Labute approximate surface area is 121 Å². The second-order valence-corrected chi connectivity index (χ2v) is 4.91. The van der Waals surface area contributed by atoms with E-state index in [4.69, 9.17) is 11.6 Å². The third kappa shape index (κ3) is 2.40. The molecule has 0 aliphatic carbocycles. The van der Waals surface area contributed by atoms with Crippen LogP contribution in [-0.4, -0.2) is 10.1 Å². The molecular weight excluding hydrogens is 272 g/mol. The number of phenols is 1. The van der Waals surface area contributed by atoms with Gasteiger partial charge in [0.25, 0.3) is 0 Å². The number of para-hydroxylation sites is 1. The molecule has 0 saturated carbocycles. The number of hydrogen-bond donors (Lipinski definition) is 2. The lowest BCUT2D eigenvalue weighted by atomic mass is 10.1. The lowest BCUT2D eigenvalue weighted by molar-refractivity contribution is 0.469. The van der Waals surface area contributed by atoms with Crippen molar-refractivity contribution in [3.05, 3.63) is 65.4 Å². The molecule has 0 aliphatic rings. The van der Waals surface area contributed by atoms with Crippen molar-refractivity contribution in [1.82, 2.24) is 4.98 Å². The van der Waals surface area contributed by atoms with Crippen LogP contribution in [0.5, 0.6) is 5.75 Å². The van der Waals surface area contributed by atoms with Crippen LogP contribution in [0, 0.1) is 0 Å². The molecule has 2 N–H and O–H groups in total. The molecule has 0 atom stereocenters. The maximum absolute atomic E-state index is 9.90. The first-order valence-electron chi connectivity index (χ1n) is 6.28. The topological polar surface area (TPSA) is 45.1 Å². The maximum atomic E-state index is 9.90. The van der Waals surface area contributed by atoms with E-state index in [1.807, 2.05) is 42.6 Å². The number of benzene rings is 2. The number of aromatic hydroxyl groups is 1. The van der Waals surface area contributed by atoms with Crippen LogP contribution in [0.25, 0.3) is 10.8 Å². The van der Waals surface area contributed by atoms with Gasteiger partial charge in [-0.15, -0.1) is 0 Å². The predicted molar refractivity (Wildman–Crippen MR) is 82.2 cm³/mol. The van der Waals surface area contributed by atoms with E-state index in [0.29, 0.717) is 11.6 Å². The van der Waals surface area contributed by atoms with E-state index in [0.717, 1.165) is 22.0 Å². The van der Waals surface area contributed by atoms with Gasteiger partial charge in [0, 0.05) is 35.6 Å². The smallest absolute Gasteiger partial charge is 0.139 e. The van der Waals surface area contributed by atoms with Gasteiger partial charge in [-0.2, -0.15) is 0 Å². The molecule has 1 aromatic heterocycles. The lowest BCUT2D eigenvalue weighted by Crippen LogP contribution is -2.00. The largest absolute Gasteiger partial charge is 0.506 e. The Bertz CT molecular complexity index is 753. The number of hydrogen-bond acceptors (Lipinski definition) is 3. The number of pyridine rings is 1. The molecule has 0 spiro atoms. The Balaban J connectivity index is 1.89. The third-order valence-electron chi connectivity index (χ3n) is 3.22. The van der Waals surface area contributed by atoms with Gasteiger partial charge in [-0.25, -0.2) is 0 Å². The van der Waals surface area contributed by atoms with Crippen molar-refractivity contribution < 1.29 is 5.11 Å². The summed E-state index contributed by atoms with van der Waals surface area (Å²) in [7, 11) is 0. The fourth-order valence-electron chi connectivity index (χ4n) is 2.16. The number of aromatic nitrogens is 1. The van der Waals surface area contributed by atoms with Crippen molar-refractivity contribution >= 4 is 28.1 Å². The van der Waals surface area contributed by atoms with Gasteiger partial charge in [0.15, 0.2) is 0 Å². The number of anilines is 1. The highest BCUT2D eigenvalue weighted by Crippen LogP contribution is 2.28. The molecule has 20 heavy (non-hydrogen) atoms. The molecule has 3 rings (SSSR count). The maximum Gasteiger partial charge on any atom is 0.139 e. The Morgan fingerprint density at radius 3 is 2.85 bits per heavy atom. The van der Waals surface area contributed by atoms with Gasteiger partial charge >= 0.3 is 0 Å². The molecule has 3 aromatic rings. The summed E-state index contributed by atoms with van der Waals surface area (Å²) in [4.78, 5) is 4.15. The van der Waals surface area contributed by atoms with Crippen LogP contribution in [0.3, 0.4) is 0 Å². The molecule has 0 aliphatic heterocycles. The first-order chi connectivity index (χ1) is 9.75. The Morgan fingerprint density at radius 1 is 1.10 bits per heavy atom. The second-order valence-electron chi connectivity index (χ2n) is 4.50. The molecule has 100 valence electrons. The minimum atomic E-state index is 0.125. The summed E-state index contributed by atoms with van der Waals surface area (Å²) in [6, 6.07) is 13.3. The number of nitrogens with one attached hydrogen (secondary N) is 1. The standard InChI is InChI=1S/C16H13ClN2O/c17-14-5-1-4-12(16(14)20)9-19-15-6-2-3-11-7-8-18-10-13(11)15/h1-8,10,19-20H,9H2. The fourth-order valence-corrected chi connectivity index (χ4v) is 2.35. The summed E-state index contributed by atoms with van der Waals surface area (Å²) in [5, 5.41) is 15.8. The summed E-state index contributed by atoms with van der Waals surface area (Å²) < 4.78 is 0. The van der Waals surface area contributed by atoms with Crippen LogP contribution in [0.4, 0.5) is 5.69 Å². The predicted octanol–water partition coefficient (Wildman–Crippen LogP) is 4.21. The zero-order chi connectivity index (χ0) is 13.9. The van der Waals surface area contributed by atoms with Gasteiger partial charge < -0.3 is 10.4 Å². The van der Waals surface area contributed by atoms with E-state index in [9.17, 15) is 5.11 Å². The Kier molecular flexibility index (Phi) is 3.44. The van der Waals surface area contributed by atoms with Crippen molar-refractivity contribution in [2.45, 2.75) is 6.54 Å². The summed E-state index contributed by atoms with van der Waals surface area (Å²) in [6.07, 6.45) is 3.60. The average molecular weight is 285 g/mol. The van der Waals surface area contributed by atoms with Crippen LogP contribution in [0.2, 0.25) is 5.02 Å². The summed E-state index contributed by atoms with van der Waals surface area (Å²) in [5.74, 6) is 0.125. The molecule has 2 aromatic carbocycles. The quantitative estimate of drug-likeness (QED) is 0.757. The highest BCUT2D eigenvalue weighted by molar-refractivity contribution is 6.32. The monoisotopic (exact) mass is 284 g/mol. The molecule has 1 heterocycles. The Morgan fingerprint density at radius 2 is 1.95 bits per heavy atom. The molecule has 0 unspecified atom stereocenters. The van der Waals surface area contributed by atoms with Gasteiger partial charge in [-0.3, -0.25) is 4.98 Å². The van der Waals surface area contributed by atoms with Gasteiger partial charge in [0.2, 0.25) is 0 Å². The van der Waals surface area contributed by atoms with Crippen molar-refractivity contribution in [1.29, 1.82) is 0 Å². The van der Waals surface area contributed by atoms with Crippen LogP contribution < -0.4 is 5.32 Å². The molecule has 0 bridgehead atoms. The Hall–Kier alpha value is -2.26. The average Bonchev–Trinajstić information content (AvgIpc) is 2.49. The van der Waals surface area contributed by atoms with E-state index in [1.54, 1.807) is 12.3 Å². The highest BCUT2D eigenvalue weighted by Gasteiger charge is 2.06. The summed E-state index contributed by atoms with van der Waals surface area (Å²) in [5.41, 5.74) is 1.74. The van der Waals surface area contributed by atoms with E-state index in [-0.39, 0.29) is 5.75 Å². The zero-order valence-electron chi connectivity index (χ0n) is 10.7. The third-order valence-corrected chi connectivity index (χ3v) is 3.53. The van der Waals surface area contributed by atoms with Crippen molar-refractivity contribution in [3.63, 3.8) is 0 Å². The van der Waals surface area contributed by atoms with Gasteiger partial charge in [-0.1, -0.05) is 35.9 Å². The SMILES string of the molecule is Oc1c(Cl)cccc1CNc1cccc2ccncc12. The molecule has 0 amide bonds. The van der Waals surface area contributed by atoms with Gasteiger partial charge in [-0.05, 0) is 23.6 Å². The molecule has 0 fully saturated rings. The summed E-state index contributed by atoms with van der Waals surface area (Å²) >= 11 is 5.90. The van der Waals surface area contributed by atoms with Crippen LogP contribution in [-0.2, 0) is 6.54 Å². The van der Waals surface area contributed by atoms with Gasteiger partial charge in [0.1, 0.15) is 5.75 Å². The molecule has 0 radical (unpaired) electrons. The normalized spacial score (nSPS) is 10.7. The number of nitrogens with zero attached hydrogens (tertiary/aromatic N) is 1. The first-order valence-corrected chi connectivity index (χ1v) is 6.66. The number of halogens is 1. The first kappa shape index (κ1) is 12.8. The number of phenolic OH excluding ortho intramolecular Hbond substituents is 1.